The van der Waals surface area contributed by atoms with Crippen LogP contribution >= 0.6 is 11.6 Å². The second-order valence-corrected chi connectivity index (χ2v) is 12.1. The van der Waals surface area contributed by atoms with Crippen LogP contribution in [-0.2, 0) is 11.2 Å². The van der Waals surface area contributed by atoms with Crippen molar-refractivity contribution in [1.82, 2.24) is 24.2 Å². The number of carbonyl (C=O) groups is 1. The number of fused-ring (bicyclic) bond motifs is 4. The summed E-state index contributed by atoms with van der Waals surface area (Å²) >= 11 is 6.63. The van der Waals surface area contributed by atoms with Crippen LogP contribution in [0.2, 0.25) is 5.02 Å². The Bertz CT molecular complexity index is 1740. The lowest BCUT2D eigenvalue weighted by molar-refractivity contribution is -0.119. The molecule has 1 N–H and O–H groups in total. The van der Waals surface area contributed by atoms with Crippen LogP contribution in [0.4, 0.5) is 10.1 Å². The van der Waals surface area contributed by atoms with Gasteiger partial charge in [-0.25, -0.2) is 13.9 Å². The monoisotopic (exact) mass is 574 g/mol. The standard InChI is InChI=1S/C31H32ClFN6O2/c1-17-13-22(14-18(2)28(17)33)39-29(27-24-6-4-5-20(34-24)15-25(27)35-39)38-12-11-37(31(38)41)21-9-10-26(23(32)16-21)36(3)30(40)19-7-8-19/h9-14,16,19-20,24,34H,4-8,15H2,1-3H3/t20-,24+/m1/s1. The third-order valence-electron chi connectivity index (χ3n) is 8.74. The van der Waals surface area contributed by atoms with E-state index in [1.165, 1.54) is 0 Å². The zero-order valence-corrected chi connectivity index (χ0v) is 24.1. The number of benzene rings is 2. The number of anilines is 1. The average Bonchev–Trinajstić information content (AvgIpc) is 3.64. The van der Waals surface area contributed by atoms with Crippen molar-refractivity contribution in [2.45, 2.75) is 64.5 Å². The lowest BCUT2D eigenvalue weighted by Gasteiger charge is -2.35. The van der Waals surface area contributed by atoms with Crippen LogP contribution in [0.5, 0.6) is 0 Å². The van der Waals surface area contributed by atoms with E-state index in [1.54, 1.807) is 82.3 Å². The molecule has 2 aromatic carbocycles. The maximum atomic E-state index is 14.6. The van der Waals surface area contributed by atoms with Crippen LogP contribution in [0.1, 0.15) is 60.5 Å². The van der Waals surface area contributed by atoms with Crippen LogP contribution in [-0.4, -0.2) is 37.9 Å². The summed E-state index contributed by atoms with van der Waals surface area (Å²) in [6.07, 6.45) is 9.25. The maximum absolute atomic E-state index is 14.6. The molecule has 7 rings (SSSR count). The highest BCUT2D eigenvalue weighted by Crippen LogP contribution is 2.39. The molecule has 0 spiro atoms. The first-order chi connectivity index (χ1) is 19.7. The van der Waals surface area contributed by atoms with Gasteiger partial charge >= 0.3 is 5.69 Å². The highest BCUT2D eigenvalue weighted by Gasteiger charge is 2.37. The van der Waals surface area contributed by atoms with E-state index in [4.69, 9.17) is 16.7 Å². The van der Waals surface area contributed by atoms with E-state index in [2.05, 4.69) is 5.32 Å². The fourth-order valence-electron chi connectivity index (χ4n) is 6.45. The Labute approximate surface area is 242 Å². The Kier molecular flexibility index (Phi) is 6.21. The fourth-order valence-corrected chi connectivity index (χ4v) is 6.75. The van der Waals surface area contributed by atoms with Gasteiger partial charge in [0.15, 0.2) is 0 Å². The smallest absolute Gasteiger partial charge is 0.314 e. The first kappa shape index (κ1) is 26.2. The zero-order chi connectivity index (χ0) is 28.6. The summed E-state index contributed by atoms with van der Waals surface area (Å²) in [5.41, 5.74) is 4.72. The summed E-state index contributed by atoms with van der Waals surface area (Å²) in [6, 6.07) is 9.31. The van der Waals surface area contributed by atoms with Gasteiger partial charge in [-0.3, -0.25) is 13.9 Å². The average molecular weight is 575 g/mol. The van der Waals surface area contributed by atoms with Crippen LogP contribution < -0.4 is 15.9 Å². The van der Waals surface area contributed by atoms with Gasteiger partial charge in [0.2, 0.25) is 5.91 Å². The van der Waals surface area contributed by atoms with Crippen molar-refractivity contribution in [2.24, 2.45) is 5.92 Å². The molecule has 4 aromatic rings. The number of imidazole rings is 1. The first-order valence-corrected chi connectivity index (χ1v) is 14.6. The van der Waals surface area contributed by atoms with E-state index >= 15 is 0 Å². The molecule has 2 bridgehead atoms. The van der Waals surface area contributed by atoms with E-state index in [0.29, 0.717) is 39.4 Å². The van der Waals surface area contributed by atoms with E-state index in [0.717, 1.165) is 55.5 Å². The van der Waals surface area contributed by atoms with Crippen LogP contribution in [0.25, 0.3) is 17.2 Å². The third kappa shape index (κ3) is 4.33. The largest absolute Gasteiger partial charge is 0.338 e. The molecule has 1 saturated carbocycles. The van der Waals surface area contributed by atoms with Gasteiger partial charge < -0.3 is 10.2 Å². The summed E-state index contributed by atoms with van der Waals surface area (Å²) in [4.78, 5) is 28.2. The number of halogens is 2. The normalized spacial score (nSPS) is 19.7. The van der Waals surface area contributed by atoms with Gasteiger partial charge in [-0.05, 0) is 87.4 Å². The van der Waals surface area contributed by atoms with Crippen molar-refractivity contribution in [2.75, 3.05) is 11.9 Å². The highest BCUT2D eigenvalue weighted by atomic mass is 35.5. The van der Waals surface area contributed by atoms with Gasteiger partial charge in [0, 0.05) is 49.4 Å². The van der Waals surface area contributed by atoms with Crippen LogP contribution in [0.3, 0.4) is 0 Å². The molecule has 212 valence electrons. The summed E-state index contributed by atoms with van der Waals surface area (Å²) < 4.78 is 19.5. The molecule has 4 heterocycles. The van der Waals surface area contributed by atoms with Crippen molar-refractivity contribution >= 4 is 23.2 Å². The minimum Gasteiger partial charge on any atom is -0.314 e. The summed E-state index contributed by atoms with van der Waals surface area (Å²) in [5, 5.41) is 9.16. The molecule has 2 atom stereocenters. The van der Waals surface area contributed by atoms with Crippen molar-refractivity contribution in [3.8, 4) is 17.2 Å². The number of carbonyl (C=O) groups excluding carboxylic acids is 1. The molecular weight excluding hydrogens is 543 g/mol. The number of piperidine rings is 1. The van der Waals surface area contributed by atoms with Gasteiger partial charge in [0.25, 0.3) is 0 Å². The molecule has 3 aliphatic rings. The minimum absolute atomic E-state index is 0.0610. The predicted molar refractivity (Wildman–Crippen MR) is 156 cm³/mol. The minimum atomic E-state index is -0.270. The number of aryl methyl sites for hydroxylation is 2. The molecular formula is C31H32ClFN6O2. The topological polar surface area (TPSA) is 77.1 Å². The number of rotatable bonds is 5. The number of hydrogen-bond donors (Lipinski definition) is 1. The van der Waals surface area contributed by atoms with E-state index < -0.39 is 0 Å². The lowest BCUT2D eigenvalue weighted by Crippen LogP contribution is -2.43. The molecule has 41 heavy (non-hydrogen) atoms. The predicted octanol–water partition coefficient (Wildman–Crippen LogP) is 5.34. The first-order valence-electron chi connectivity index (χ1n) is 14.2. The Hall–Kier alpha value is -3.69. The Balaban J connectivity index is 1.34. The second kappa shape index (κ2) is 9.70. The molecule has 1 amide bonds. The number of hydrogen-bond acceptors (Lipinski definition) is 4. The number of aromatic nitrogens is 4. The van der Waals surface area contributed by atoms with Crippen molar-refractivity contribution in [3.63, 3.8) is 0 Å². The Morgan fingerprint density at radius 3 is 2.49 bits per heavy atom. The Morgan fingerprint density at radius 2 is 1.78 bits per heavy atom. The van der Waals surface area contributed by atoms with Crippen LogP contribution in [0, 0.1) is 25.6 Å². The molecule has 0 radical (unpaired) electrons. The van der Waals surface area contributed by atoms with Gasteiger partial charge in [-0.2, -0.15) is 5.10 Å². The molecule has 1 saturated heterocycles. The summed E-state index contributed by atoms with van der Waals surface area (Å²) in [5.74, 6) is 0.568. The van der Waals surface area contributed by atoms with Crippen molar-refractivity contribution < 1.29 is 9.18 Å². The van der Waals surface area contributed by atoms with Gasteiger partial charge in [0.1, 0.15) is 11.6 Å². The van der Waals surface area contributed by atoms with E-state index in [-0.39, 0.29) is 29.4 Å². The van der Waals surface area contributed by atoms with Gasteiger partial charge in [-0.15, -0.1) is 0 Å². The molecule has 2 aromatic heterocycles. The fraction of sp³-hybridized carbons (Fsp3) is 0.387. The van der Waals surface area contributed by atoms with Crippen molar-refractivity contribution in [3.05, 3.63) is 86.4 Å². The Morgan fingerprint density at radius 1 is 1.05 bits per heavy atom. The zero-order valence-electron chi connectivity index (χ0n) is 23.3. The third-order valence-corrected chi connectivity index (χ3v) is 9.05. The van der Waals surface area contributed by atoms with Gasteiger partial charge in [-0.1, -0.05) is 11.6 Å². The van der Waals surface area contributed by atoms with E-state index in [1.807, 2.05) is 0 Å². The number of amides is 1. The molecule has 2 fully saturated rings. The SMILES string of the molecule is Cc1cc(-n2nc3c(c2-n2ccn(-c4ccc(N(C)C(=O)C5CC5)c(Cl)c4)c2=O)[C@@H]2CCC[C@H](C3)N2)cc(C)c1F. The quantitative estimate of drug-likeness (QED) is 0.349. The second-order valence-electron chi connectivity index (χ2n) is 11.7. The number of nitrogens with zero attached hydrogens (tertiary/aromatic N) is 5. The molecule has 2 aliphatic heterocycles. The highest BCUT2D eigenvalue weighted by molar-refractivity contribution is 6.34. The number of nitrogens with one attached hydrogen (secondary N) is 1. The molecule has 0 unspecified atom stereocenters. The summed E-state index contributed by atoms with van der Waals surface area (Å²) in [7, 11) is 1.73. The van der Waals surface area contributed by atoms with Gasteiger partial charge in [0.05, 0.1) is 27.8 Å². The molecule has 1 aliphatic carbocycles. The van der Waals surface area contributed by atoms with Crippen molar-refractivity contribution in [1.29, 1.82) is 0 Å². The van der Waals surface area contributed by atoms with Crippen LogP contribution in [0.15, 0.2) is 47.5 Å². The summed E-state index contributed by atoms with van der Waals surface area (Å²) in [6.45, 7) is 3.49. The maximum Gasteiger partial charge on any atom is 0.338 e. The molecule has 10 heteroatoms. The lowest BCUT2D eigenvalue weighted by atomic mass is 9.85. The molecule has 8 nitrogen and oxygen atoms in total. The van der Waals surface area contributed by atoms with E-state index in [9.17, 15) is 14.0 Å².